The number of halogens is 2. The van der Waals surface area contributed by atoms with Crippen molar-refractivity contribution in [3.63, 3.8) is 0 Å². The van der Waals surface area contributed by atoms with Crippen LogP contribution in [0.15, 0.2) is 47.4 Å². The first-order valence-corrected chi connectivity index (χ1v) is 8.11. The topological polar surface area (TPSA) is 46.2 Å². The third-order valence-corrected chi connectivity index (χ3v) is 4.20. The highest BCUT2D eigenvalue weighted by Gasteiger charge is 2.10. The van der Waals surface area contributed by atoms with Crippen molar-refractivity contribution in [2.45, 2.75) is 11.4 Å². The number of hydrogen-bond acceptors (Lipinski definition) is 3. The molecule has 2 aromatic carbocycles. The molecule has 1 N–H and O–H groups in total. The van der Waals surface area contributed by atoms with Gasteiger partial charge in [-0.15, -0.1) is 0 Å². The lowest BCUT2D eigenvalue weighted by Crippen LogP contribution is -2.03. The third kappa shape index (κ3) is 3.71. The molecule has 0 unspecified atom stereocenters. The van der Waals surface area contributed by atoms with E-state index in [1.807, 2.05) is 0 Å². The van der Waals surface area contributed by atoms with Crippen molar-refractivity contribution in [1.82, 2.24) is 0 Å². The van der Waals surface area contributed by atoms with Crippen molar-refractivity contribution in [3.05, 3.63) is 58.9 Å². The van der Waals surface area contributed by atoms with Crippen molar-refractivity contribution in [2.75, 3.05) is 11.6 Å². The van der Waals surface area contributed by atoms with Crippen molar-refractivity contribution in [2.24, 2.45) is 0 Å². The van der Waals surface area contributed by atoms with E-state index < -0.39 is 9.84 Å². The fourth-order valence-electron chi connectivity index (χ4n) is 1.67. The van der Waals surface area contributed by atoms with Crippen molar-refractivity contribution in [1.29, 1.82) is 0 Å². The molecule has 0 aliphatic heterocycles. The molecule has 0 bridgehead atoms. The maximum atomic E-state index is 12.8. The van der Waals surface area contributed by atoms with Crippen molar-refractivity contribution >= 4 is 27.1 Å². The average molecular weight is 314 g/mol. The molecule has 2 aromatic rings. The quantitative estimate of drug-likeness (QED) is 0.939. The van der Waals surface area contributed by atoms with Crippen LogP contribution in [0.1, 0.15) is 5.56 Å². The lowest BCUT2D eigenvalue weighted by molar-refractivity contribution is 0.602. The van der Waals surface area contributed by atoms with Gasteiger partial charge in [-0.2, -0.15) is 0 Å². The second-order valence-electron chi connectivity index (χ2n) is 4.39. The molecule has 0 aliphatic carbocycles. The highest BCUT2D eigenvalue weighted by Crippen LogP contribution is 2.25. The van der Waals surface area contributed by atoms with Gasteiger partial charge in [0.25, 0.3) is 0 Å². The van der Waals surface area contributed by atoms with Crippen LogP contribution in [-0.4, -0.2) is 14.7 Å². The van der Waals surface area contributed by atoms with Crippen LogP contribution in [0, 0.1) is 5.82 Å². The Bertz CT molecular complexity index is 714. The fourth-order valence-corrected chi connectivity index (χ4v) is 2.50. The molecule has 106 valence electrons. The smallest absolute Gasteiger partial charge is 0.175 e. The molecular weight excluding hydrogens is 301 g/mol. The van der Waals surface area contributed by atoms with Gasteiger partial charge >= 0.3 is 0 Å². The molecular formula is C14H13ClFNO2S. The maximum Gasteiger partial charge on any atom is 0.175 e. The second-order valence-corrected chi connectivity index (χ2v) is 6.82. The molecule has 0 aliphatic rings. The number of anilines is 1. The SMILES string of the molecule is CS(=O)(=O)c1ccc(Cl)c(NCc2ccc(F)cc2)c1. The average Bonchev–Trinajstić information content (AvgIpc) is 2.38. The van der Waals surface area contributed by atoms with Crippen molar-refractivity contribution in [3.8, 4) is 0 Å². The lowest BCUT2D eigenvalue weighted by atomic mass is 10.2. The van der Waals surface area contributed by atoms with Crippen molar-refractivity contribution < 1.29 is 12.8 Å². The summed E-state index contributed by atoms with van der Waals surface area (Å²) in [5, 5.41) is 3.47. The molecule has 0 amide bonds. The molecule has 6 heteroatoms. The van der Waals surface area contributed by atoms with E-state index in [9.17, 15) is 12.8 Å². The Kier molecular flexibility index (Phi) is 4.30. The lowest BCUT2D eigenvalue weighted by Gasteiger charge is -2.10. The van der Waals surface area contributed by atoms with Gasteiger partial charge < -0.3 is 5.32 Å². The number of rotatable bonds is 4. The van der Waals surface area contributed by atoms with Crippen LogP contribution in [0.5, 0.6) is 0 Å². The van der Waals surface area contributed by atoms with E-state index in [1.54, 1.807) is 12.1 Å². The van der Waals surface area contributed by atoms with Crippen LogP contribution in [0.2, 0.25) is 5.02 Å². The predicted octanol–water partition coefficient (Wildman–Crippen LogP) is 3.49. The van der Waals surface area contributed by atoms with Crippen LogP contribution in [0.4, 0.5) is 10.1 Å². The maximum absolute atomic E-state index is 12.8. The van der Waals surface area contributed by atoms with Gasteiger partial charge in [-0.05, 0) is 35.9 Å². The van der Waals surface area contributed by atoms with Crippen LogP contribution < -0.4 is 5.32 Å². The molecule has 0 atom stereocenters. The third-order valence-electron chi connectivity index (χ3n) is 2.76. The Hall–Kier alpha value is -1.59. The van der Waals surface area contributed by atoms with Gasteiger partial charge in [-0.1, -0.05) is 23.7 Å². The summed E-state index contributed by atoms with van der Waals surface area (Å²) in [6.07, 6.45) is 1.14. The summed E-state index contributed by atoms with van der Waals surface area (Å²) in [6, 6.07) is 10.5. The molecule has 0 saturated carbocycles. The minimum atomic E-state index is -3.28. The molecule has 0 heterocycles. The summed E-state index contributed by atoms with van der Waals surface area (Å²) < 4.78 is 35.8. The Morgan fingerprint density at radius 3 is 2.40 bits per heavy atom. The van der Waals surface area contributed by atoms with E-state index in [0.29, 0.717) is 17.3 Å². The van der Waals surface area contributed by atoms with Crippen LogP contribution in [0.25, 0.3) is 0 Å². The van der Waals surface area contributed by atoms with Gasteiger partial charge in [0.2, 0.25) is 0 Å². The van der Waals surface area contributed by atoms with Gasteiger partial charge in [0.05, 0.1) is 15.6 Å². The Morgan fingerprint density at radius 1 is 1.15 bits per heavy atom. The van der Waals surface area contributed by atoms with E-state index in [4.69, 9.17) is 11.6 Å². The molecule has 0 radical (unpaired) electrons. The summed E-state index contributed by atoms with van der Waals surface area (Å²) >= 11 is 6.02. The largest absolute Gasteiger partial charge is 0.380 e. The predicted molar refractivity (Wildman–Crippen MR) is 78.3 cm³/mol. The zero-order valence-corrected chi connectivity index (χ0v) is 12.3. The number of benzene rings is 2. The summed E-state index contributed by atoms with van der Waals surface area (Å²) in [5.74, 6) is -0.300. The molecule has 0 fully saturated rings. The summed E-state index contributed by atoms with van der Waals surface area (Å²) in [6.45, 7) is 0.424. The fraction of sp³-hybridized carbons (Fsp3) is 0.143. The monoisotopic (exact) mass is 313 g/mol. The van der Waals surface area contributed by atoms with E-state index >= 15 is 0 Å². The summed E-state index contributed by atoms with van der Waals surface area (Å²) in [5.41, 5.74) is 1.39. The number of sulfone groups is 1. The van der Waals surface area contributed by atoms with E-state index in [-0.39, 0.29) is 10.7 Å². The first kappa shape index (κ1) is 14.8. The van der Waals surface area contributed by atoms with Crippen LogP contribution in [0.3, 0.4) is 0 Å². The van der Waals surface area contributed by atoms with Gasteiger partial charge in [0, 0.05) is 12.8 Å². The molecule has 0 spiro atoms. The number of nitrogens with one attached hydrogen (secondary N) is 1. The zero-order chi connectivity index (χ0) is 14.8. The van der Waals surface area contributed by atoms with Crippen LogP contribution >= 0.6 is 11.6 Å². The second kappa shape index (κ2) is 5.81. The first-order chi connectivity index (χ1) is 9.36. The minimum absolute atomic E-state index is 0.198. The Labute approximate surface area is 122 Å². The normalized spacial score (nSPS) is 11.3. The summed E-state index contributed by atoms with van der Waals surface area (Å²) in [7, 11) is -3.28. The first-order valence-electron chi connectivity index (χ1n) is 5.84. The van der Waals surface area contributed by atoms with Gasteiger partial charge in [-0.3, -0.25) is 0 Å². The summed E-state index contributed by atoms with van der Waals surface area (Å²) in [4.78, 5) is 0.198. The standard InChI is InChI=1S/C14H13ClFNO2S/c1-20(18,19)12-6-7-13(15)14(8-12)17-9-10-2-4-11(16)5-3-10/h2-8,17H,9H2,1H3. The van der Waals surface area contributed by atoms with E-state index in [1.165, 1.54) is 30.3 Å². The molecule has 3 nitrogen and oxygen atoms in total. The van der Waals surface area contributed by atoms with Gasteiger partial charge in [0.15, 0.2) is 9.84 Å². The highest BCUT2D eigenvalue weighted by molar-refractivity contribution is 7.90. The zero-order valence-electron chi connectivity index (χ0n) is 10.7. The molecule has 20 heavy (non-hydrogen) atoms. The van der Waals surface area contributed by atoms with Gasteiger partial charge in [-0.25, -0.2) is 12.8 Å². The Morgan fingerprint density at radius 2 is 1.80 bits per heavy atom. The highest BCUT2D eigenvalue weighted by atomic mass is 35.5. The van der Waals surface area contributed by atoms with E-state index in [2.05, 4.69) is 5.32 Å². The molecule has 2 rings (SSSR count). The minimum Gasteiger partial charge on any atom is -0.380 e. The Balaban J connectivity index is 2.19. The van der Waals surface area contributed by atoms with Gasteiger partial charge in [0.1, 0.15) is 5.82 Å². The molecule has 0 aromatic heterocycles. The molecule has 0 saturated heterocycles. The van der Waals surface area contributed by atoms with Crippen LogP contribution in [-0.2, 0) is 16.4 Å². The number of hydrogen-bond donors (Lipinski definition) is 1. The van der Waals surface area contributed by atoms with E-state index in [0.717, 1.165) is 11.8 Å².